The summed E-state index contributed by atoms with van der Waals surface area (Å²) in [7, 11) is 0. The summed E-state index contributed by atoms with van der Waals surface area (Å²) >= 11 is 3.48. The molecule has 0 N–H and O–H groups in total. The van der Waals surface area contributed by atoms with Gasteiger partial charge >= 0.3 is 6.09 Å². The van der Waals surface area contributed by atoms with Crippen molar-refractivity contribution in [2.24, 2.45) is 0 Å². The third-order valence-corrected chi connectivity index (χ3v) is 4.35. The summed E-state index contributed by atoms with van der Waals surface area (Å²) in [5.74, 6) is -0.773. The van der Waals surface area contributed by atoms with Gasteiger partial charge in [-0.3, -0.25) is 4.79 Å². The van der Waals surface area contributed by atoms with E-state index in [4.69, 9.17) is 4.74 Å². The molecule has 0 saturated heterocycles. The summed E-state index contributed by atoms with van der Waals surface area (Å²) in [4.78, 5) is 36.9. The molecule has 6 heteroatoms. The molecular weight excluding hydrogens is 374 g/mol. The highest BCUT2D eigenvalue weighted by Gasteiger charge is 2.40. The van der Waals surface area contributed by atoms with Gasteiger partial charge in [0.25, 0.3) is 5.91 Å². The number of halogens is 1. The van der Waals surface area contributed by atoms with Crippen molar-refractivity contribution >= 4 is 34.2 Å². The SMILES string of the molecule is CC(C)(C)OC(=O)N1C(=O)C=C[C@@H]1[C@H](CC=O)c1ccccc1Br. The van der Waals surface area contributed by atoms with Gasteiger partial charge in [-0.1, -0.05) is 40.2 Å². The molecule has 0 fully saturated rings. The van der Waals surface area contributed by atoms with Crippen molar-refractivity contribution in [1.82, 2.24) is 4.90 Å². The zero-order chi connectivity index (χ0) is 17.9. The molecule has 0 spiro atoms. The van der Waals surface area contributed by atoms with E-state index in [1.54, 1.807) is 26.8 Å². The van der Waals surface area contributed by atoms with Gasteiger partial charge in [0.1, 0.15) is 11.9 Å². The van der Waals surface area contributed by atoms with Gasteiger partial charge in [0.05, 0.1) is 6.04 Å². The number of hydrogen-bond acceptors (Lipinski definition) is 4. The molecule has 0 radical (unpaired) electrons. The van der Waals surface area contributed by atoms with Crippen LogP contribution in [-0.2, 0) is 14.3 Å². The van der Waals surface area contributed by atoms with Gasteiger partial charge in [-0.15, -0.1) is 0 Å². The highest BCUT2D eigenvalue weighted by molar-refractivity contribution is 9.10. The van der Waals surface area contributed by atoms with Crippen molar-refractivity contribution in [3.05, 3.63) is 46.5 Å². The van der Waals surface area contributed by atoms with Crippen molar-refractivity contribution in [2.75, 3.05) is 0 Å². The predicted molar refractivity (Wildman–Crippen MR) is 93.6 cm³/mol. The smallest absolute Gasteiger partial charge is 0.417 e. The topological polar surface area (TPSA) is 63.7 Å². The van der Waals surface area contributed by atoms with Crippen molar-refractivity contribution in [2.45, 2.75) is 44.8 Å². The minimum absolute atomic E-state index is 0.185. The molecule has 24 heavy (non-hydrogen) atoms. The second-order valence-corrected chi connectivity index (χ2v) is 7.42. The van der Waals surface area contributed by atoms with Gasteiger partial charge in [0.15, 0.2) is 0 Å². The van der Waals surface area contributed by atoms with Crippen LogP contribution in [0.5, 0.6) is 0 Å². The number of hydrogen-bond donors (Lipinski definition) is 0. The average molecular weight is 394 g/mol. The molecule has 0 saturated carbocycles. The summed E-state index contributed by atoms with van der Waals surface area (Å²) in [6, 6.07) is 6.91. The quantitative estimate of drug-likeness (QED) is 0.729. The van der Waals surface area contributed by atoms with E-state index in [1.807, 2.05) is 24.3 Å². The molecule has 2 amide bonds. The third kappa shape index (κ3) is 4.12. The Hall–Kier alpha value is -1.95. The van der Waals surface area contributed by atoms with E-state index >= 15 is 0 Å². The van der Waals surface area contributed by atoms with Crippen LogP contribution in [-0.4, -0.2) is 34.8 Å². The Bertz CT molecular complexity index is 678. The van der Waals surface area contributed by atoms with Crippen LogP contribution in [0.4, 0.5) is 4.79 Å². The van der Waals surface area contributed by atoms with Crippen LogP contribution in [0.25, 0.3) is 0 Å². The summed E-state index contributed by atoms with van der Waals surface area (Å²) in [5, 5.41) is 0. The van der Waals surface area contributed by atoms with Crippen molar-refractivity contribution < 1.29 is 19.1 Å². The molecule has 0 unspecified atom stereocenters. The maximum atomic E-state index is 12.4. The lowest BCUT2D eigenvalue weighted by atomic mass is 9.89. The fraction of sp³-hybridized carbons (Fsp3) is 0.389. The van der Waals surface area contributed by atoms with E-state index < -0.39 is 23.6 Å². The van der Waals surface area contributed by atoms with Crippen molar-refractivity contribution in [1.29, 1.82) is 0 Å². The molecule has 1 aromatic rings. The van der Waals surface area contributed by atoms with Gasteiger partial charge < -0.3 is 9.53 Å². The van der Waals surface area contributed by atoms with Gasteiger partial charge in [0.2, 0.25) is 0 Å². The Morgan fingerprint density at radius 2 is 2.04 bits per heavy atom. The van der Waals surface area contributed by atoms with Crippen LogP contribution < -0.4 is 0 Å². The number of aldehydes is 1. The monoisotopic (exact) mass is 393 g/mol. The fourth-order valence-corrected chi connectivity index (χ4v) is 3.24. The molecule has 1 aliphatic rings. The van der Waals surface area contributed by atoms with Crippen LogP contribution in [0, 0.1) is 0 Å². The van der Waals surface area contributed by atoms with Crippen LogP contribution >= 0.6 is 15.9 Å². The summed E-state index contributed by atoms with van der Waals surface area (Å²) in [5.41, 5.74) is 0.153. The molecule has 128 valence electrons. The highest BCUT2D eigenvalue weighted by atomic mass is 79.9. The Morgan fingerprint density at radius 3 is 2.62 bits per heavy atom. The van der Waals surface area contributed by atoms with E-state index in [0.29, 0.717) is 0 Å². The van der Waals surface area contributed by atoms with Crippen LogP contribution in [0.15, 0.2) is 40.9 Å². The molecule has 0 bridgehead atoms. The van der Waals surface area contributed by atoms with Gasteiger partial charge in [-0.25, -0.2) is 9.69 Å². The lowest BCUT2D eigenvalue weighted by Crippen LogP contribution is -2.45. The summed E-state index contributed by atoms with van der Waals surface area (Å²) in [6.07, 6.45) is 3.28. The Labute approximate surface area is 149 Å². The maximum Gasteiger partial charge on any atom is 0.417 e. The maximum absolute atomic E-state index is 12.4. The lowest BCUT2D eigenvalue weighted by Gasteiger charge is -2.31. The predicted octanol–water partition coefficient (Wildman–Crippen LogP) is 3.82. The Morgan fingerprint density at radius 1 is 1.38 bits per heavy atom. The number of ether oxygens (including phenoxy) is 1. The summed E-state index contributed by atoms with van der Waals surface area (Å²) < 4.78 is 6.17. The zero-order valence-electron chi connectivity index (χ0n) is 13.9. The van der Waals surface area contributed by atoms with Crippen molar-refractivity contribution in [3.63, 3.8) is 0 Å². The fourth-order valence-electron chi connectivity index (χ4n) is 2.66. The Kier molecular flexibility index (Phi) is 5.59. The minimum atomic E-state index is -0.710. The lowest BCUT2D eigenvalue weighted by molar-refractivity contribution is -0.126. The number of carbonyl (C=O) groups excluding carboxylic acids is 3. The summed E-state index contributed by atoms with van der Waals surface area (Å²) in [6.45, 7) is 5.22. The first-order chi connectivity index (χ1) is 11.2. The molecule has 0 aromatic heterocycles. The molecular formula is C18H20BrNO4. The van der Waals surface area contributed by atoms with E-state index in [1.165, 1.54) is 6.08 Å². The van der Waals surface area contributed by atoms with Crippen LogP contribution in [0.2, 0.25) is 0 Å². The van der Waals surface area contributed by atoms with Gasteiger partial charge in [0, 0.05) is 22.9 Å². The average Bonchev–Trinajstić information content (AvgIpc) is 2.85. The van der Waals surface area contributed by atoms with E-state index in [0.717, 1.165) is 21.2 Å². The number of carbonyl (C=O) groups is 3. The van der Waals surface area contributed by atoms with E-state index in [-0.39, 0.29) is 12.3 Å². The number of benzene rings is 1. The molecule has 2 rings (SSSR count). The first-order valence-corrected chi connectivity index (χ1v) is 8.46. The first kappa shape index (κ1) is 18.4. The number of nitrogens with zero attached hydrogens (tertiary/aromatic N) is 1. The molecule has 1 heterocycles. The van der Waals surface area contributed by atoms with Crippen molar-refractivity contribution in [3.8, 4) is 0 Å². The molecule has 0 aliphatic carbocycles. The number of amides is 2. The number of rotatable bonds is 4. The molecule has 1 aliphatic heterocycles. The van der Waals surface area contributed by atoms with Gasteiger partial charge in [-0.05, 0) is 32.4 Å². The van der Waals surface area contributed by atoms with Gasteiger partial charge in [-0.2, -0.15) is 0 Å². The molecule has 2 atom stereocenters. The zero-order valence-corrected chi connectivity index (χ0v) is 15.4. The molecule has 5 nitrogen and oxygen atoms in total. The largest absolute Gasteiger partial charge is 0.443 e. The first-order valence-electron chi connectivity index (χ1n) is 7.67. The number of imide groups is 1. The highest BCUT2D eigenvalue weighted by Crippen LogP contribution is 2.35. The standard InChI is InChI=1S/C18H20BrNO4/c1-18(2,3)24-17(23)20-15(8-9-16(20)22)13(10-11-21)12-6-4-5-7-14(12)19/h4-9,11,13,15H,10H2,1-3H3/t13-,15-/m1/s1. The van der Waals surface area contributed by atoms with E-state index in [2.05, 4.69) is 15.9 Å². The van der Waals surface area contributed by atoms with E-state index in [9.17, 15) is 14.4 Å². The second kappa shape index (κ2) is 7.30. The third-order valence-electron chi connectivity index (χ3n) is 3.63. The normalized spacial score (nSPS) is 18.6. The van der Waals surface area contributed by atoms with Crippen LogP contribution in [0.1, 0.15) is 38.7 Å². The second-order valence-electron chi connectivity index (χ2n) is 6.57. The van der Waals surface area contributed by atoms with Crippen LogP contribution in [0.3, 0.4) is 0 Å². The minimum Gasteiger partial charge on any atom is -0.443 e. The Balaban J connectivity index is 2.36. The molecule has 1 aromatic carbocycles.